The van der Waals surface area contributed by atoms with Gasteiger partial charge in [0.25, 0.3) is 6.71 Å². The van der Waals surface area contributed by atoms with E-state index in [0.717, 1.165) is 53.3 Å². The van der Waals surface area contributed by atoms with E-state index in [1.165, 1.54) is 55.5 Å². The largest absolute Gasteiger partial charge is 0.457 e. The third kappa shape index (κ3) is 7.46. The summed E-state index contributed by atoms with van der Waals surface area (Å²) in [7, 11) is 0. The minimum Gasteiger partial charge on any atom is -0.457 e. The van der Waals surface area contributed by atoms with Gasteiger partial charge in [0.15, 0.2) is 0 Å². The van der Waals surface area contributed by atoms with Crippen molar-refractivity contribution >= 4 is 63.2 Å². The molecule has 316 valence electrons. The van der Waals surface area contributed by atoms with Crippen LogP contribution in [0, 0.1) is 0 Å². The molecule has 0 radical (unpaired) electrons. The molecule has 2 heterocycles. The lowest BCUT2D eigenvalue weighted by molar-refractivity contribution is 0.0473. The fourth-order valence-electron chi connectivity index (χ4n) is 9.71. The van der Waals surface area contributed by atoms with Crippen molar-refractivity contribution in [3.63, 3.8) is 0 Å². The molecule has 9 rings (SSSR count). The zero-order valence-corrected chi connectivity index (χ0v) is 39.1. The predicted molar refractivity (Wildman–Crippen MR) is 263 cm³/mol. The van der Waals surface area contributed by atoms with Gasteiger partial charge in [-0.1, -0.05) is 150 Å². The van der Waals surface area contributed by atoms with E-state index in [1.54, 1.807) is 0 Å². The van der Waals surface area contributed by atoms with Crippen molar-refractivity contribution in [2.24, 2.45) is 0 Å². The second-order valence-corrected chi connectivity index (χ2v) is 22.2. The van der Waals surface area contributed by atoms with E-state index in [0.29, 0.717) is 5.56 Å². The molecule has 0 saturated carbocycles. The van der Waals surface area contributed by atoms with E-state index < -0.39 is 0 Å². The zero-order valence-electron chi connectivity index (χ0n) is 39.1. The predicted octanol–water partition coefficient (Wildman–Crippen LogP) is 12.8. The van der Waals surface area contributed by atoms with Gasteiger partial charge in [-0.3, -0.25) is 0 Å². The van der Waals surface area contributed by atoms with Gasteiger partial charge in [-0.2, -0.15) is 0 Å². The van der Waals surface area contributed by atoms with Crippen LogP contribution < -0.4 is 26.2 Å². The van der Waals surface area contributed by atoms with Gasteiger partial charge in [0.1, 0.15) is 6.61 Å². The standard InChI is InChI=1S/C57H63BN2O2/c1-54(2,3)40-29-41(55(4,5)6)32-44(31-40)59-48-24-17-16-23-46(48)58-47-25-37-21-18-22-38(37)26-49(47)60(45-33-42(56(7,8)9)30-43(34-45)57(10,11)12)51-28-39(27-50(59)52(51)58)53(61)62-35-36-19-14-13-15-20-36/h13-17,19-20,23-34H,18,21-22,35H2,1-12H3. The fourth-order valence-corrected chi connectivity index (χ4v) is 9.71. The number of aryl methyl sites for hydroxylation is 2. The van der Waals surface area contributed by atoms with Crippen molar-refractivity contribution in [2.45, 2.75) is 131 Å². The molecule has 6 aromatic carbocycles. The van der Waals surface area contributed by atoms with Gasteiger partial charge < -0.3 is 14.5 Å². The Morgan fingerprint density at radius 2 is 0.984 bits per heavy atom. The second-order valence-electron chi connectivity index (χ2n) is 22.2. The van der Waals surface area contributed by atoms with Crippen molar-refractivity contribution in [3.05, 3.63) is 160 Å². The van der Waals surface area contributed by atoms with Crippen molar-refractivity contribution in [3.8, 4) is 0 Å². The molecular weight excluding hydrogens is 755 g/mol. The van der Waals surface area contributed by atoms with Crippen molar-refractivity contribution in [1.82, 2.24) is 0 Å². The highest BCUT2D eigenvalue weighted by molar-refractivity contribution is 7.00. The monoisotopic (exact) mass is 818 g/mol. The van der Waals surface area contributed by atoms with Crippen LogP contribution in [0.2, 0.25) is 0 Å². The third-order valence-corrected chi connectivity index (χ3v) is 13.5. The Balaban J connectivity index is 1.38. The Bertz CT molecular complexity index is 2670. The lowest BCUT2D eigenvalue weighted by atomic mass is 9.33. The number of benzene rings is 6. The summed E-state index contributed by atoms with van der Waals surface area (Å²) in [6.45, 7) is 27.8. The maximum atomic E-state index is 14.7. The summed E-state index contributed by atoms with van der Waals surface area (Å²) in [6, 6.07) is 42.6. The molecule has 2 aliphatic heterocycles. The van der Waals surface area contributed by atoms with E-state index in [2.05, 4.69) is 178 Å². The Kier molecular flexibility index (Phi) is 9.97. The summed E-state index contributed by atoms with van der Waals surface area (Å²) >= 11 is 0. The topological polar surface area (TPSA) is 32.8 Å². The molecule has 0 saturated heterocycles. The van der Waals surface area contributed by atoms with Gasteiger partial charge in [0.2, 0.25) is 0 Å². The first-order valence-corrected chi connectivity index (χ1v) is 22.7. The lowest BCUT2D eigenvalue weighted by Gasteiger charge is -2.45. The number of carbonyl (C=O) groups is 1. The molecule has 0 bridgehead atoms. The lowest BCUT2D eigenvalue weighted by Crippen LogP contribution is -2.61. The highest BCUT2D eigenvalue weighted by atomic mass is 16.5. The van der Waals surface area contributed by atoms with Crippen LogP contribution in [0.3, 0.4) is 0 Å². The number of hydrogen-bond acceptors (Lipinski definition) is 4. The minimum atomic E-state index is -0.333. The maximum Gasteiger partial charge on any atom is 0.338 e. The van der Waals surface area contributed by atoms with Gasteiger partial charge in [-0.25, -0.2) is 4.79 Å². The van der Waals surface area contributed by atoms with Crippen LogP contribution in [0.15, 0.2) is 115 Å². The van der Waals surface area contributed by atoms with Crippen LogP contribution in [-0.2, 0) is 45.8 Å². The van der Waals surface area contributed by atoms with Crippen LogP contribution in [0.1, 0.15) is 139 Å². The Morgan fingerprint density at radius 3 is 1.50 bits per heavy atom. The average Bonchev–Trinajstić information content (AvgIpc) is 3.68. The molecule has 0 N–H and O–H groups in total. The van der Waals surface area contributed by atoms with Crippen molar-refractivity contribution in [2.75, 3.05) is 9.80 Å². The number of para-hydroxylation sites is 1. The SMILES string of the molecule is CC(C)(C)c1cc(N2c3ccccc3B3c4cc5c(cc4N(c4cc(C(C)(C)C)cc(C(C)(C)C)c4)c4cc(C(=O)OCc6ccccc6)cc2c43)CCC5)cc(C(C)(C)C)c1. The van der Waals surface area contributed by atoms with Crippen LogP contribution in [0.5, 0.6) is 0 Å². The van der Waals surface area contributed by atoms with Crippen LogP contribution >= 0.6 is 0 Å². The molecule has 0 unspecified atom stereocenters. The Hall–Kier alpha value is -5.55. The Labute approximate surface area is 371 Å². The van der Waals surface area contributed by atoms with Gasteiger partial charge in [0.05, 0.1) is 5.56 Å². The van der Waals surface area contributed by atoms with Gasteiger partial charge in [-0.15, -0.1) is 0 Å². The number of rotatable bonds is 5. The quantitative estimate of drug-likeness (QED) is 0.128. The molecule has 62 heavy (non-hydrogen) atoms. The number of ether oxygens (including phenoxy) is 1. The van der Waals surface area contributed by atoms with Crippen molar-refractivity contribution < 1.29 is 9.53 Å². The summed E-state index contributed by atoms with van der Waals surface area (Å²) in [6.07, 6.45) is 3.33. The maximum absolute atomic E-state index is 14.7. The molecular formula is C57H63BN2O2. The number of hydrogen-bond donors (Lipinski definition) is 0. The van der Waals surface area contributed by atoms with E-state index in [1.807, 2.05) is 30.3 Å². The van der Waals surface area contributed by atoms with E-state index in [-0.39, 0.29) is 40.9 Å². The number of anilines is 6. The molecule has 5 heteroatoms. The molecule has 0 amide bonds. The zero-order chi connectivity index (χ0) is 44.1. The van der Waals surface area contributed by atoms with Gasteiger partial charge in [0, 0.05) is 34.1 Å². The number of fused-ring (bicyclic) bond motifs is 5. The van der Waals surface area contributed by atoms with Crippen LogP contribution in [0.4, 0.5) is 34.1 Å². The van der Waals surface area contributed by atoms with E-state index in [9.17, 15) is 4.79 Å². The van der Waals surface area contributed by atoms with Gasteiger partial charge in [-0.05, 0) is 145 Å². The molecule has 0 fully saturated rings. The summed E-state index contributed by atoms with van der Waals surface area (Å²) in [5.74, 6) is -0.333. The third-order valence-electron chi connectivity index (χ3n) is 13.5. The summed E-state index contributed by atoms with van der Waals surface area (Å²) in [4.78, 5) is 19.6. The molecule has 0 atom stereocenters. The molecule has 6 aromatic rings. The van der Waals surface area contributed by atoms with E-state index in [4.69, 9.17) is 4.74 Å². The average molecular weight is 819 g/mol. The van der Waals surface area contributed by atoms with Crippen molar-refractivity contribution in [1.29, 1.82) is 0 Å². The van der Waals surface area contributed by atoms with Gasteiger partial charge >= 0.3 is 5.97 Å². The second kappa shape index (κ2) is 14.8. The first-order valence-electron chi connectivity index (χ1n) is 22.7. The highest BCUT2D eigenvalue weighted by Crippen LogP contribution is 2.48. The Morgan fingerprint density at radius 1 is 0.516 bits per heavy atom. The first kappa shape index (κ1) is 41.8. The summed E-state index contributed by atoms with van der Waals surface area (Å²) in [5.41, 5.74) is 19.6. The van der Waals surface area contributed by atoms with Crippen LogP contribution in [0.25, 0.3) is 0 Å². The minimum absolute atomic E-state index is 0.0419. The summed E-state index contributed by atoms with van der Waals surface area (Å²) < 4.78 is 6.21. The molecule has 0 spiro atoms. The molecule has 3 aliphatic rings. The normalized spacial score (nSPS) is 14.6. The van der Waals surface area contributed by atoms with E-state index >= 15 is 0 Å². The molecule has 4 nitrogen and oxygen atoms in total. The van der Waals surface area contributed by atoms with Crippen LogP contribution in [-0.4, -0.2) is 12.7 Å². The number of carbonyl (C=O) groups excluding carboxylic acids is 1. The first-order chi connectivity index (χ1) is 29.2. The molecule has 0 aromatic heterocycles. The fraction of sp³-hybridized carbons (Fsp3) is 0.351. The smallest absolute Gasteiger partial charge is 0.338 e. The number of nitrogens with zero attached hydrogens (tertiary/aromatic N) is 2. The molecule has 1 aliphatic carbocycles. The number of esters is 1. The summed E-state index contributed by atoms with van der Waals surface area (Å²) in [5, 5.41) is 0. The highest BCUT2D eigenvalue weighted by Gasteiger charge is 2.45.